The second kappa shape index (κ2) is 10.5. The minimum atomic E-state index is -0.447. The number of nitro benzene ring substituents is 1. The highest BCUT2D eigenvalue weighted by Crippen LogP contribution is 2.31. The van der Waals surface area contributed by atoms with E-state index in [9.17, 15) is 14.9 Å². The number of carbonyl (C=O) groups is 1. The van der Waals surface area contributed by atoms with Crippen molar-refractivity contribution < 1.29 is 14.5 Å². The molecule has 0 radical (unpaired) electrons. The molecule has 37 heavy (non-hydrogen) atoms. The molecule has 1 aliphatic rings. The summed E-state index contributed by atoms with van der Waals surface area (Å²) in [6.45, 7) is 0.180. The molecule has 0 fully saturated rings. The Kier molecular flexibility index (Phi) is 6.78. The van der Waals surface area contributed by atoms with Crippen molar-refractivity contribution in [3.63, 3.8) is 0 Å². The first-order valence-corrected chi connectivity index (χ1v) is 11.8. The SMILES string of the molecule is O=C1/C(=C\c2cc(Cl)ccc2OCc2ccc([N+](=O)[O-])cc2)C(c2ccccc2)=NN1c1ccccc1. The van der Waals surface area contributed by atoms with Gasteiger partial charge in [-0.05, 0) is 54.1 Å². The highest BCUT2D eigenvalue weighted by molar-refractivity contribution is 6.37. The summed E-state index contributed by atoms with van der Waals surface area (Å²) in [6, 6.07) is 30.0. The van der Waals surface area contributed by atoms with Crippen LogP contribution in [0.5, 0.6) is 5.75 Å². The van der Waals surface area contributed by atoms with Crippen molar-refractivity contribution in [2.75, 3.05) is 5.01 Å². The largest absolute Gasteiger partial charge is 0.488 e. The number of non-ortho nitro benzene ring substituents is 1. The molecule has 1 aliphatic heterocycles. The van der Waals surface area contributed by atoms with Crippen molar-refractivity contribution >= 4 is 40.7 Å². The van der Waals surface area contributed by atoms with Gasteiger partial charge in [0, 0.05) is 28.3 Å². The number of anilines is 1. The highest BCUT2D eigenvalue weighted by atomic mass is 35.5. The Morgan fingerprint density at radius 3 is 2.27 bits per heavy atom. The molecule has 0 saturated carbocycles. The maximum absolute atomic E-state index is 13.6. The number of ether oxygens (including phenoxy) is 1. The van der Waals surface area contributed by atoms with E-state index in [1.54, 1.807) is 36.4 Å². The quantitative estimate of drug-likeness (QED) is 0.158. The topological polar surface area (TPSA) is 85.0 Å². The molecule has 1 amide bonds. The summed E-state index contributed by atoms with van der Waals surface area (Å²) in [4.78, 5) is 24.0. The van der Waals surface area contributed by atoms with Crippen LogP contribution in [0.2, 0.25) is 5.02 Å². The molecule has 0 atom stereocenters. The Labute approximate surface area is 218 Å². The van der Waals surface area contributed by atoms with E-state index < -0.39 is 4.92 Å². The standard InChI is InChI=1S/C29H20ClN3O4/c30-23-13-16-27(37-19-20-11-14-25(15-12-20)33(35)36)22(17-23)18-26-28(21-7-3-1-4-8-21)31-32(29(26)34)24-9-5-2-6-10-24/h1-18H,19H2/b26-18-. The second-order valence-corrected chi connectivity index (χ2v) is 8.66. The van der Waals surface area contributed by atoms with E-state index in [0.717, 1.165) is 11.1 Å². The van der Waals surface area contributed by atoms with Crippen molar-refractivity contribution in [2.45, 2.75) is 6.61 Å². The number of para-hydroxylation sites is 1. The van der Waals surface area contributed by atoms with Gasteiger partial charge in [0.25, 0.3) is 11.6 Å². The Morgan fingerprint density at radius 1 is 0.919 bits per heavy atom. The molecule has 0 spiro atoms. The van der Waals surface area contributed by atoms with Crippen molar-refractivity contribution in [3.8, 4) is 5.75 Å². The van der Waals surface area contributed by atoms with Crippen LogP contribution in [0, 0.1) is 10.1 Å². The van der Waals surface area contributed by atoms with Crippen molar-refractivity contribution in [2.24, 2.45) is 5.10 Å². The lowest BCUT2D eigenvalue weighted by atomic mass is 10.00. The number of nitro groups is 1. The van der Waals surface area contributed by atoms with Gasteiger partial charge in [0.05, 0.1) is 16.2 Å². The summed E-state index contributed by atoms with van der Waals surface area (Å²) in [5, 5.41) is 17.4. The number of rotatable bonds is 7. The molecular weight excluding hydrogens is 490 g/mol. The summed E-state index contributed by atoms with van der Waals surface area (Å²) in [5.74, 6) is 0.236. The maximum Gasteiger partial charge on any atom is 0.281 e. The van der Waals surface area contributed by atoms with Gasteiger partial charge in [0.2, 0.25) is 0 Å². The Bertz CT molecular complexity index is 1520. The number of halogens is 1. The van der Waals surface area contributed by atoms with Gasteiger partial charge in [-0.15, -0.1) is 0 Å². The van der Waals surface area contributed by atoms with Crippen LogP contribution in [0.3, 0.4) is 0 Å². The van der Waals surface area contributed by atoms with E-state index in [1.165, 1.54) is 17.1 Å². The number of hydrogen-bond acceptors (Lipinski definition) is 5. The van der Waals surface area contributed by atoms with Crippen molar-refractivity contribution in [1.29, 1.82) is 0 Å². The lowest BCUT2D eigenvalue weighted by Gasteiger charge is -2.12. The molecule has 8 heteroatoms. The smallest absolute Gasteiger partial charge is 0.281 e. The number of hydrazone groups is 1. The third-order valence-corrected chi connectivity index (χ3v) is 5.97. The van der Waals surface area contributed by atoms with Crippen LogP contribution in [0.1, 0.15) is 16.7 Å². The molecule has 0 N–H and O–H groups in total. The molecule has 0 bridgehead atoms. The lowest BCUT2D eigenvalue weighted by molar-refractivity contribution is -0.384. The summed E-state index contributed by atoms with van der Waals surface area (Å²) < 4.78 is 6.04. The first kappa shape index (κ1) is 24.0. The van der Waals surface area contributed by atoms with Gasteiger partial charge in [0.15, 0.2) is 0 Å². The molecule has 7 nitrogen and oxygen atoms in total. The van der Waals surface area contributed by atoms with Crippen LogP contribution in [0.4, 0.5) is 11.4 Å². The fraction of sp³-hybridized carbons (Fsp3) is 0.0345. The lowest BCUT2D eigenvalue weighted by Crippen LogP contribution is -2.21. The Balaban J connectivity index is 1.50. The minimum absolute atomic E-state index is 0.0103. The fourth-order valence-corrected chi connectivity index (χ4v) is 4.07. The zero-order chi connectivity index (χ0) is 25.8. The predicted octanol–water partition coefficient (Wildman–Crippen LogP) is 6.66. The van der Waals surface area contributed by atoms with Gasteiger partial charge in [0.1, 0.15) is 18.1 Å². The summed E-state index contributed by atoms with van der Waals surface area (Å²) in [5.41, 5.74) is 3.78. The van der Waals surface area contributed by atoms with Crippen LogP contribution >= 0.6 is 11.6 Å². The monoisotopic (exact) mass is 509 g/mol. The number of nitrogens with zero attached hydrogens (tertiary/aromatic N) is 3. The molecule has 0 saturated heterocycles. The van der Waals surface area contributed by atoms with Gasteiger partial charge in [-0.3, -0.25) is 14.9 Å². The van der Waals surface area contributed by atoms with Gasteiger partial charge < -0.3 is 4.74 Å². The van der Waals surface area contributed by atoms with Gasteiger partial charge in [-0.1, -0.05) is 60.1 Å². The molecule has 4 aromatic rings. The third-order valence-electron chi connectivity index (χ3n) is 5.74. The van der Waals surface area contributed by atoms with E-state index in [0.29, 0.717) is 33.3 Å². The van der Waals surface area contributed by atoms with Crippen molar-refractivity contribution in [1.82, 2.24) is 0 Å². The molecule has 4 aromatic carbocycles. The number of amides is 1. The summed E-state index contributed by atoms with van der Waals surface area (Å²) >= 11 is 6.31. The molecule has 0 aromatic heterocycles. The Hall–Kier alpha value is -4.75. The molecular formula is C29H20ClN3O4. The molecule has 182 valence electrons. The average Bonchev–Trinajstić information content (AvgIpc) is 3.25. The van der Waals surface area contributed by atoms with Gasteiger partial charge in [-0.25, -0.2) is 0 Å². The predicted molar refractivity (Wildman–Crippen MR) is 144 cm³/mol. The van der Waals surface area contributed by atoms with Crippen molar-refractivity contribution in [3.05, 3.63) is 141 Å². The number of carbonyl (C=O) groups excluding carboxylic acids is 1. The van der Waals surface area contributed by atoms with E-state index in [1.807, 2.05) is 60.7 Å². The number of benzene rings is 4. The second-order valence-electron chi connectivity index (χ2n) is 8.22. The number of hydrogen-bond donors (Lipinski definition) is 0. The van der Waals surface area contributed by atoms with Crippen LogP contribution < -0.4 is 9.75 Å². The van der Waals surface area contributed by atoms with E-state index in [-0.39, 0.29) is 18.2 Å². The van der Waals surface area contributed by atoms with E-state index in [4.69, 9.17) is 16.3 Å². The van der Waals surface area contributed by atoms with Crippen LogP contribution in [0.25, 0.3) is 6.08 Å². The maximum atomic E-state index is 13.6. The van der Waals surface area contributed by atoms with E-state index in [2.05, 4.69) is 5.10 Å². The zero-order valence-electron chi connectivity index (χ0n) is 19.5. The zero-order valence-corrected chi connectivity index (χ0v) is 20.2. The third kappa shape index (κ3) is 5.27. The van der Waals surface area contributed by atoms with Gasteiger partial charge in [-0.2, -0.15) is 10.1 Å². The Morgan fingerprint density at radius 2 is 1.59 bits per heavy atom. The molecule has 0 unspecified atom stereocenters. The molecule has 1 heterocycles. The minimum Gasteiger partial charge on any atom is -0.488 e. The summed E-state index contributed by atoms with van der Waals surface area (Å²) in [6.07, 6.45) is 1.73. The highest BCUT2D eigenvalue weighted by Gasteiger charge is 2.32. The molecule has 5 rings (SSSR count). The fourth-order valence-electron chi connectivity index (χ4n) is 3.89. The van der Waals surface area contributed by atoms with E-state index >= 15 is 0 Å². The molecule has 0 aliphatic carbocycles. The van der Waals surface area contributed by atoms with Gasteiger partial charge >= 0.3 is 0 Å². The average molecular weight is 510 g/mol. The van der Waals surface area contributed by atoms with Crippen LogP contribution in [0.15, 0.2) is 114 Å². The normalized spacial score (nSPS) is 14.1. The first-order chi connectivity index (χ1) is 18.0. The van der Waals surface area contributed by atoms with Crippen LogP contribution in [-0.4, -0.2) is 16.5 Å². The first-order valence-electron chi connectivity index (χ1n) is 11.4. The van der Waals surface area contributed by atoms with Crippen LogP contribution in [-0.2, 0) is 11.4 Å². The summed E-state index contributed by atoms with van der Waals surface area (Å²) in [7, 11) is 0.